The summed E-state index contributed by atoms with van der Waals surface area (Å²) >= 11 is 0. The molecule has 0 aliphatic rings. The Balaban J connectivity index is 0. The van der Waals surface area contributed by atoms with Gasteiger partial charge in [0.1, 0.15) is 0 Å². The number of carbonyl (C=O) groups is 2. The summed E-state index contributed by atoms with van der Waals surface area (Å²) in [5.74, 6) is -0.491. The highest BCUT2D eigenvalue weighted by atomic mass is 16.4. The van der Waals surface area contributed by atoms with E-state index in [0.717, 1.165) is 37.5 Å². The van der Waals surface area contributed by atoms with Crippen LogP contribution in [0, 0.1) is 11.8 Å². The molecule has 42 heavy (non-hydrogen) atoms. The number of aliphatic hydroxyl groups excluding tert-OH is 2. The lowest BCUT2D eigenvalue weighted by molar-refractivity contribution is -0.147. The molecule has 0 aromatic carbocycles. The Morgan fingerprint density at radius 2 is 0.524 bits per heavy atom. The van der Waals surface area contributed by atoms with Crippen LogP contribution in [-0.2, 0) is 9.59 Å². The Hall–Kier alpha value is -1.14. The molecular formula is C36H72O6. The van der Waals surface area contributed by atoms with Crippen LogP contribution in [0.1, 0.15) is 195 Å². The van der Waals surface area contributed by atoms with Gasteiger partial charge in [-0.25, -0.2) is 9.59 Å². The average Bonchev–Trinajstić information content (AvgIpc) is 2.93. The summed E-state index contributed by atoms with van der Waals surface area (Å²) in [6.45, 7) is 9.18. The number of carboxylic acid groups (broad SMARTS) is 2. The standard InChI is InChI=1S/2C18H36O3/c2*1-16(2)14-12-10-8-6-4-3-5-7-9-11-13-15-17(19)18(20)21/h2*16-17,19H,3-15H2,1-2H3,(H,20,21). The minimum atomic E-state index is -1.17. The van der Waals surface area contributed by atoms with E-state index >= 15 is 0 Å². The van der Waals surface area contributed by atoms with Gasteiger partial charge < -0.3 is 20.4 Å². The molecule has 4 N–H and O–H groups in total. The third kappa shape index (κ3) is 36.9. The molecule has 252 valence electrons. The first-order valence-corrected chi connectivity index (χ1v) is 17.9. The van der Waals surface area contributed by atoms with E-state index in [-0.39, 0.29) is 0 Å². The second kappa shape index (κ2) is 32.8. The van der Waals surface area contributed by atoms with Crippen LogP contribution in [0.5, 0.6) is 0 Å². The predicted molar refractivity (Wildman–Crippen MR) is 177 cm³/mol. The first-order valence-electron chi connectivity index (χ1n) is 17.9. The summed E-state index contributed by atoms with van der Waals surface area (Å²) in [4.78, 5) is 20.8. The van der Waals surface area contributed by atoms with E-state index < -0.39 is 24.1 Å². The Morgan fingerprint density at radius 1 is 0.357 bits per heavy atom. The van der Waals surface area contributed by atoms with Crippen molar-refractivity contribution in [2.45, 2.75) is 207 Å². The number of hydrogen-bond acceptors (Lipinski definition) is 4. The highest BCUT2D eigenvalue weighted by Crippen LogP contribution is 2.16. The molecule has 6 nitrogen and oxygen atoms in total. The Labute approximate surface area is 260 Å². The summed E-state index contributed by atoms with van der Waals surface area (Å²) in [5.41, 5.74) is 0. The fraction of sp³-hybridized carbons (Fsp3) is 0.944. The first kappa shape index (κ1) is 43.0. The molecule has 0 rings (SSSR count). The van der Waals surface area contributed by atoms with E-state index in [1.165, 1.54) is 128 Å². The lowest BCUT2D eigenvalue weighted by Crippen LogP contribution is -2.18. The van der Waals surface area contributed by atoms with E-state index in [4.69, 9.17) is 20.4 Å². The van der Waals surface area contributed by atoms with Crippen molar-refractivity contribution >= 4 is 11.9 Å². The number of unbranched alkanes of at least 4 members (excludes halogenated alkanes) is 20. The highest BCUT2D eigenvalue weighted by molar-refractivity contribution is 5.72. The van der Waals surface area contributed by atoms with Crippen LogP contribution >= 0.6 is 0 Å². The summed E-state index contributed by atoms with van der Waals surface area (Å²) in [7, 11) is 0. The molecule has 0 aromatic heterocycles. The SMILES string of the molecule is CC(C)CCCCCCCCCCCCCC(O)C(=O)O.CC(C)CCCCCCCCCCCCCC(O)C(=O)O. The van der Waals surface area contributed by atoms with Crippen molar-refractivity contribution in [3.63, 3.8) is 0 Å². The minimum absolute atomic E-state index is 0.395. The van der Waals surface area contributed by atoms with Crippen molar-refractivity contribution in [1.82, 2.24) is 0 Å². The summed E-state index contributed by atoms with van der Waals surface area (Å²) in [5, 5.41) is 35.3. The molecule has 0 heterocycles. The molecule has 2 atom stereocenters. The van der Waals surface area contributed by atoms with Crippen LogP contribution in [-0.4, -0.2) is 44.6 Å². The fourth-order valence-corrected chi connectivity index (χ4v) is 5.21. The van der Waals surface area contributed by atoms with E-state index in [1.54, 1.807) is 0 Å². The second-order valence-corrected chi connectivity index (χ2v) is 13.4. The van der Waals surface area contributed by atoms with Gasteiger partial charge in [0, 0.05) is 0 Å². The van der Waals surface area contributed by atoms with Crippen LogP contribution in [0.2, 0.25) is 0 Å². The maximum Gasteiger partial charge on any atom is 0.332 e. The summed E-state index contributed by atoms with van der Waals surface area (Å²) < 4.78 is 0. The predicted octanol–water partition coefficient (Wildman–Crippen LogP) is 10.3. The van der Waals surface area contributed by atoms with E-state index in [1.807, 2.05) is 0 Å². The molecule has 0 radical (unpaired) electrons. The Bertz CT molecular complexity index is 527. The number of hydrogen-bond donors (Lipinski definition) is 4. The van der Waals surface area contributed by atoms with Gasteiger partial charge in [0.15, 0.2) is 12.2 Å². The highest BCUT2D eigenvalue weighted by Gasteiger charge is 2.12. The molecule has 0 bridgehead atoms. The third-order valence-electron chi connectivity index (χ3n) is 8.09. The molecule has 0 aliphatic heterocycles. The second-order valence-electron chi connectivity index (χ2n) is 13.4. The topological polar surface area (TPSA) is 115 Å². The quantitative estimate of drug-likeness (QED) is 0.0610. The zero-order valence-corrected chi connectivity index (χ0v) is 28.3. The Kier molecular flexibility index (Phi) is 33.5. The molecule has 6 heteroatoms. The third-order valence-corrected chi connectivity index (χ3v) is 8.09. The normalized spacial score (nSPS) is 12.8. The molecule has 0 saturated carbocycles. The van der Waals surface area contributed by atoms with Gasteiger partial charge in [-0.3, -0.25) is 0 Å². The van der Waals surface area contributed by atoms with Crippen LogP contribution < -0.4 is 0 Å². The lowest BCUT2D eigenvalue weighted by atomic mass is 10.0. The zero-order valence-electron chi connectivity index (χ0n) is 28.3. The van der Waals surface area contributed by atoms with Crippen molar-refractivity contribution in [2.24, 2.45) is 11.8 Å². The van der Waals surface area contributed by atoms with E-state index in [9.17, 15) is 9.59 Å². The molecule has 0 saturated heterocycles. The van der Waals surface area contributed by atoms with E-state index in [0.29, 0.717) is 12.8 Å². The first-order chi connectivity index (χ1) is 20.1. The van der Waals surface area contributed by atoms with Crippen molar-refractivity contribution in [3.8, 4) is 0 Å². The van der Waals surface area contributed by atoms with E-state index in [2.05, 4.69) is 27.7 Å². The molecule has 0 fully saturated rings. The van der Waals surface area contributed by atoms with Gasteiger partial charge >= 0.3 is 11.9 Å². The van der Waals surface area contributed by atoms with Crippen LogP contribution in [0.3, 0.4) is 0 Å². The summed E-state index contributed by atoms with van der Waals surface area (Å²) in [6, 6.07) is 0. The molecule has 2 unspecified atom stereocenters. The monoisotopic (exact) mass is 601 g/mol. The van der Waals surface area contributed by atoms with Gasteiger partial charge in [-0.05, 0) is 24.7 Å². The lowest BCUT2D eigenvalue weighted by Gasteiger charge is -2.05. The number of carboxylic acids is 2. The number of aliphatic carboxylic acids is 2. The van der Waals surface area contributed by atoms with Crippen LogP contribution in [0.15, 0.2) is 0 Å². The molecule has 0 amide bonds. The van der Waals surface area contributed by atoms with Gasteiger partial charge in [-0.2, -0.15) is 0 Å². The van der Waals surface area contributed by atoms with Gasteiger partial charge in [0.05, 0.1) is 0 Å². The fourth-order valence-electron chi connectivity index (χ4n) is 5.21. The minimum Gasteiger partial charge on any atom is -0.479 e. The largest absolute Gasteiger partial charge is 0.479 e. The van der Waals surface area contributed by atoms with Gasteiger partial charge in [0.25, 0.3) is 0 Å². The molecule has 0 aromatic rings. The van der Waals surface area contributed by atoms with Crippen molar-refractivity contribution in [2.75, 3.05) is 0 Å². The van der Waals surface area contributed by atoms with Crippen molar-refractivity contribution in [3.05, 3.63) is 0 Å². The number of aliphatic hydroxyl groups is 2. The Morgan fingerprint density at radius 3 is 0.690 bits per heavy atom. The van der Waals surface area contributed by atoms with Crippen LogP contribution in [0.25, 0.3) is 0 Å². The van der Waals surface area contributed by atoms with Gasteiger partial charge in [-0.15, -0.1) is 0 Å². The van der Waals surface area contributed by atoms with Gasteiger partial charge in [0.2, 0.25) is 0 Å². The van der Waals surface area contributed by atoms with Crippen molar-refractivity contribution in [1.29, 1.82) is 0 Å². The van der Waals surface area contributed by atoms with Crippen LogP contribution in [0.4, 0.5) is 0 Å². The molecule has 0 aliphatic carbocycles. The number of rotatable bonds is 30. The molecular weight excluding hydrogens is 528 g/mol. The van der Waals surface area contributed by atoms with Gasteiger partial charge in [-0.1, -0.05) is 182 Å². The smallest absolute Gasteiger partial charge is 0.332 e. The zero-order chi connectivity index (χ0) is 31.8. The maximum absolute atomic E-state index is 10.4. The maximum atomic E-state index is 10.4. The average molecular weight is 601 g/mol. The summed E-state index contributed by atoms with van der Waals surface area (Å²) in [6.07, 6.45) is 28.8. The molecule has 0 spiro atoms. The van der Waals surface area contributed by atoms with Crippen molar-refractivity contribution < 1.29 is 30.0 Å².